The standard InChI is InChI=1S/C17H17N3OS/c1-11-4-6-15-16(9-11)20-17(19-15)22(21)13-5-7-14-12(10-13)3-2-8-18-14/h2-4,6,8-9,13H,5,7,10H2,1H3,(H,19,20). The van der Waals surface area contributed by atoms with Crippen molar-refractivity contribution in [3.8, 4) is 0 Å². The fourth-order valence-electron chi connectivity index (χ4n) is 3.06. The van der Waals surface area contributed by atoms with Crippen LogP contribution < -0.4 is 0 Å². The maximum atomic E-state index is 12.9. The number of nitrogens with one attached hydrogen (secondary N) is 1. The molecule has 0 aliphatic heterocycles. The lowest BCUT2D eigenvalue weighted by molar-refractivity contribution is 0.626. The lowest BCUT2D eigenvalue weighted by Gasteiger charge is -2.22. The number of nitrogens with zero attached hydrogens (tertiary/aromatic N) is 2. The summed E-state index contributed by atoms with van der Waals surface area (Å²) >= 11 is 0. The summed E-state index contributed by atoms with van der Waals surface area (Å²) in [7, 11) is -1.11. The molecular weight excluding hydrogens is 294 g/mol. The van der Waals surface area contributed by atoms with E-state index < -0.39 is 10.8 Å². The van der Waals surface area contributed by atoms with Crippen molar-refractivity contribution >= 4 is 21.8 Å². The van der Waals surface area contributed by atoms with Crippen molar-refractivity contribution in [3.63, 3.8) is 0 Å². The van der Waals surface area contributed by atoms with Gasteiger partial charge in [-0.1, -0.05) is 12.1 Å². The monoisotopic (exact) mass is 311 g/mol. The van der Waals surface area contributed by atoms with E-state index in [0.29, 0.717) is 5.16 Å². The van der Waals surface area contributed by atoms with E-state index in [1.54, 1.807) is 0 Å². The fraction of sp³-hybridized carbons (Fsp3) is 0.294. The highest BCUT2D eigenvalue weighted by Crippen LogP contribution is 2.26. The van der Waals surface area contributed by atoms with E-state index in [1.807, 2.05) is 37.4 Å². The Morgan fingerprint density at radius 2 is 2.23 bits per heavy atom. The summed E-state index contributed by atoms with van der Waals surface area (Å²) in [5.74, 6) is 0. The zero-order valence-corrected chi connectivity index (χ0v) is 13.2. The molecule has 1 aromatic carbocycles. The maximum absolute atomic E-state index is 12.9. The van der Waals surface area contributed by atoms with Crippen molar-refractivity contribution in [2.24, 2.45) is 0 Å². The number of rotatable bonds is 2. The Kier molecular flexibility index (Phi) is 3.30. The van der Waals surface area contributed by atoms with E-state index in [1.165, 1.54) is 11.1 Å². The summed E-state index contributed by atoms with van der Waals surface area (Å²) in [4.78, 5) is 12.2. The quantitative estimate of drug-likeness (QED) is 0.791. The van der Waals surface area contributed by atoms with Gasteiger partial charge in [0.05, 0.1) is 21.8 Å². The smallest absolute Gasteiger partial charge is 0.197 e. The number of hydrogen-bond acceptors (Lipinski definition) is 3. The molecule has 0 amide bonds. The first-order chi connectivity index (χ1) is 10.7. The first-order valence-corrected chi connectivity index (χ1v) is 8.72. The van der Waals surface area contributed by atoms with Gasteiger partial charge in [-0.05, 0) is 55.5 Å². The molecular formula is C17H17N3OS. The van der Waals surface area contributed by atoms with E-state index >= 15 is 0 Å². The van der Waals surface area contributed by atoms with Crippen LogP contribution in [0.1, 0.15) is 23.2 Å². The van der Waals surface area contributed by atoms with E-state index in [9.17, 15) is 4.21 Å². The van der Waals surface area contributed by atoms with Gasteiger partial charge in [0.15, 0.2) is 5.16 Å². The second-order valence-corrected chi connectivity index (χ2v) is 7.48. The Bertz CT molecular complexity index is 871. The number of aromatic nitrogens is 3. The number of aromatic amines is 1. The SMILES string of the molecule is Cc1ccc2nc(S(=O)C3CCc4ncccc4C3)[nH]c2c1. The van der Waals surface area contributed by atoms with Crippen molar-refractivity contribution in [2.45, 2.75) is 36.6 Å². The Labute approximate surface area is 131 Å². The summed E-state index contributed by atoms with van der Waals surface area (Å²) < 4.78 is 12.9. The third kappa shape index (κ3) is 2.35. The number of hydrogen-bond donors (Lipinski definition) is 1. The molecule has 22 heavy (non-hydrogen) atoms. The highest BCUT2D eigenvalue weighted by molar-refractivity contribution is 7.85. The Morgan fingerprint density at radius 3 is 3.14 bits per heavy atom. The van der Waals surface area contributed by atoms with E-state index in [2.05, 4.69) is 21.0 Å². The lowest BCUT2D eigenvalue weighted by atomic mass is 9.96. The molecule has 2 atom stereocenters. The molecule has 0 fully saturated rings. The third-order valence-corrected chi connectivity index (χ3v) is 5.83. The van der Waals surface area contributed by atoms with Crippen LogP contribution in [0.2, 0.25) is 0 Å². The molecule has 112 valence electrons. The number of benzene rings is 1. The van der Waals surface area contributed by atoms with E-state index in [4.69, 9.17) is 0 Å². The molecule has 0 saturated heterocycles. The second-order valence-electron chi connectivity index (χ2n) is 5.83. The van der Waals surface area contributed by atoms with Crippen molar-refractivity contribution in [3.05, 3.63) is 53.3 Å². The van der Waals surface area contributed by atoms with Crippen LogP contribution in [0.15, 0.2) is 41.7 Å². The van der Waals surface area contributed by atoms with Crippen LogP contribution in [0.3, 0.4) is 0 Å². The maximum Gasteiger partial charge on any atom is 0.197 e. The van der Waals surface area contributed by atoms with Gasteiger partial charge in [0.25, 0.3) is 0 Å². The number of pyridine rings is 1. The molecule has 3 aromatic rings. The Balaban J connectivity index is 1.64. The first kappa shape index (κ1) is 13.6. The van der Waals surface area contributed by atoms with Crippen LogP contribution >= 0.6 is 0 Å². The van der Waals surface area contributed by atoms with Gasteiger partial charge < -0.3 is 4.98 Å². The van der Waals surface area contributed by atoms with Crippen molar-refractivity contribution < 1.29 is 4.21 Å². The van der Waals surface area contributed by atoms with Gasteiger partial charge in [0, 0.05) is 17.1 Å². The van der Waals surface area contributed by atoms with Crippen LogP contribution in [0.5, 0.6) is 0 Å². The molecule has 4 nitrogen and oxygen atoms in total. The van der Waals surface area contributed by atoms with Gasteiger partial charge in [-0.15, -0.1) is 0 Å². The molecule has 2 heterocycles. The van der Waals surface area contributed by atoms with Crippen LogP contribution in [0.25, 0.3) is 11.0 Å². The minimum absolute atomic E-state index is 0.110. The average Bonchev–Trinajstić information content (AvgIpc) is 2.96. The molecule has 0 saturated carbocycles. The Hall–Kier alpha value is -2.01. The van der Waals surface area contributed by atoms with Crippen LogP contribution in [0.4, 0.5) is 0 Å². The fourth-order valence-corrected chi connectivity index (χ4v) is 4.44. The van der Waals surface area contributed by atoms with Crippen LogP contribution in [-0.2, 0) is 23.6 Å². The van der Waals surface area contributed by atoms with Crippen LogP contribution in [-0.4, -0.2) is 24.4 Å². The van der Waals surface area contributed by atoms with E-state index in [0.717, 1.165) is 36.0 Å². The third-order valence-electron chi connectivity index (χ3n) is 4.24. The number of imidazole rings is 1. The Morgan fingerprint density at radius 1 is 1.32 bits per heavy atom. The van der Waals surface area contributed by atoms with Gasteiger partial charge in [-0.3, -0.25) is 9.19 Å². The predicted octanol–water partition coefficient (Wildman–Crippen LogP) is 2.93. The lowest BCUT2D eigenvalue weighted by Crippen LogP contribution is -2.25. The number of H-pyrrole nitrogens is 1. The summed E-state index contributed by atoms with van der Waals surface area (Å²) in [5, 5.41) is 0.705. The minimum atomic E-state index is -1.11. The summed E-state index contributed by atoms with van der Waals surface area (Å²) in [6.07, 6.45) is 4.43. The summed E-state index contributed by atoms with van der Waals surface area (Å²) in [6, 6.07) is 10.1. The summed E-state index contributed by atoms with van der Waals surface area (Å²) in [5.41, 5.74) is 5.38. The molecule has 0 bridgehead atoms. The van der Waals surface area contributed by atoms with Gasteiger partial charge in [0.1, 0.15) is 0 Å². The average molecular weight is 311 g/mol. The highest BCUT2D eigenvalue weighted by Gasteiger charge is 2.26. The molecule has 5 heteroatoms. The first-order valence-electron chi connectivity index (χ1n) is 7.50. The molecule has 4 rings (SSSR count). The molecule has 2 unspecified atom stereocenters. The van der Waals surface area contributed by atoms with Gasteiger partial charge >= 0.3 is 0 Å². The molecule has 2 aromatic heterocycles. The predicted molar refractivity (Wildman–Crippen MR) is 87.3 cm³/mol. The highest BCUT2D eigenvalue weighted by atomic mass is 32.2. The van der Waals surface area contributed by atoms with Crippen molar-refractivity contribution in [1.82, 2.24) is 15.0 Å². The molecule has 0 radical (unpaired) electrons. The van der Waals surface area contributed by atoms with Crippen molar-refractivity contribution in [1.29, 1.82) is 0 Å². The topological polar surface area (TPSA) is 58.6 Å². The van der Waals surface area contributed by atoms with Crippen LogP contribution in [0, 0.1) is 6.92 Å². The van der Waals surface area contributed by atoms with Gasteiger partial charge in [0.2, 0.25) is 0 Å². The molecule has 1 aliphatic rings. The number of fused-ring (bicyclic) bond motifs is 2. The van der Waals surface area contributed by atoms with Gasteiger partial charge in [-0.2, -0.15) is 0 Å². The normalized spacial score (nSPS) is 19.0. The zero-order valence-electron chi connectivity index (χ0n) is 12.4. The van der Waals surface area contributed by atoms with Crippen molar-refractivity contribution in [2.75, 3.05) is 0 Å². The number of aryl methyl sites for hydroxylation is 2. The minimum Gasteiger partial charge on any atom is -0.331 e. The zero-order chi connectivity index (χ0) is 15.1. The largest absolute Gasteiger partial charge is 0.331 e. The molecule has 1 N–H and O–H groups in total. The second kappa shape index (κ2) is 5.32. The molecule has 1 aliphatic carbocycles. The van der Waals surface area contributed by atoms with E-state index in [-0.39, 0.29) is 5.25 Å². The molecule has 0 spiro atoms. The summed E-state index contributed by atoms with van der Waals surface area (Å²) in [6.45, 7) is 2.04. The van der Waals surface area contributed by atoms with Gasteiger partial charge in [-0.25, -0.2) is 4.98 Å².